The number of aryl methyl sites for hydroxylation is 1. The van der Waals surface area contributed by atoms with Crippen molar-refractivity contribution < 1.29 is 4.52 Å². The van der Waals surface area contributed by atoms with Crippen molar-refractivity contribution in [2.45, 2.75) is 26.3 Å². The third-order valence-electron chi connectivity index (χ3n) is 2.94. The number of nitrogens with zero attached hydrogens (tertiary/aromatic N) is 4. The van der Waals surface area contributed by atoms with Crippen LogP contribution in [0.25, 0.3) is 0 Å². The van der Waals surface area contributed by atoms with E-state index < -0.39 is 0 Å². The Morgan fingerprint density at radius 1 is 1.24 bits per heavy atom. The largest absolute Gasteiger partial charge is 0.350 e. The normalized spacial score (nSPS) is 12.3. The molecule has 0 bridgehead atoms. The Labute approximate surface area is 126 Å². The Morgan fingerprint density at radius 3 is 2.76 bits per heavy atom. The monoisotopic (exact) mass is 301 g/mol. The Morgan fingerprint density at radius 2 is 2.05 bits per heavy atom. The van der Waals surface area contributed by atoms with Gasteiger partial charge in [-0.25, -0.2) is 4.98 Å². The van der Waals surface area contributed by atoms with Crippen LogP contribution in [0.3, 0.4) is 0 Å². The van der Waals surface area contributed by atoms with Gasteiger partial charge in [-0.1, -0.05) is 35.5 Å². The summed E-state index contributed by atoms with van der Waals surface area (Å²) in [7, 11) is 0. The molecular formula is C14H15N5OS. The van der Waals surface area contributed by atoms with Crippen LogP contribution in [0.1, 0.15) is 36.1 Å². The van der Waals surface area contributed by atoms with Crippen molar-refractivity contribution in [2.75, 3.05) is 5.32 Å². The van der Waals surface area contributed by atoms with Crippen LogP contribution in [0.15, 0.2) is 34.9 Å². The van der Waals surface area contributed by atoms with Crippen LogP contribution in [0, 0.1) is 6.92 Å². The third kappa shape index (κ3) is 3.43. The first-order chi connectivity index (χ1) is 10.2. The van der Waals surface area contributed by atoms with E-state index in [-0.39, 0.29) is 6.04 Å². The molecule has 0 saturated heterocycles. The molecule has 6 nitrogen and oxygen atoms in total. The molecule has 0 aliphatic heterocycles. The molecule has 0 spiro atoms. The second kappa shape index (κ2) is 6.01. The van der Waals surface area contributed by atoms with Crippen LogP contribution in [0.2, 0.25) is 0 Å². The summed E-state index contributed by atoms with van der Waals surface area (Å²) < 4.78 is 9.43. The standard InChI is InChI=1S/C14H15N5OS/c1-9(15-14-16-10(2)19-21-14)13-17-12(20-18-13)8-11-6-4-3-5-7-11/h3-7,9H,8H2,1-2H3,(H,15,16,19). The van der Waals surface area contributed by atoms with Gasteiger partial charge in [0.05, 0.1) is 12.5 Å². The van der Waals surface area contributed by atoms with E-state index in [4.69, 9.17) is 4.52 Å². The molecule has 0 aliphatic carbocycles. The summed E-state index contributed by atoms with van der Waals surface area (Å²) in [5.41, 5.74) is 1.15. The molecule has 3 rings (SSSR count). The minimum absolute atomic E-state index is 0.0781. The molecule has 108 valence electrons. The van der Waals surface area contributed by atoms with Crippen LogP contribution in [-0.2, 0) is 6.42 Å². The Bertz CT molecular complexity index is 709. The summed E-state index contributed by atoms with van der Waals surface area (Å²) in [4.78, 5) is 8.69. The SMILES string of the molecule is Cc1nsc(NC(C)c2noc(Cc3ccccc3)n2)n1. The van der Waals surface area contributed by atoms with Crippen molar-refractivity contribution in [2.24, 2.45) is 0 Å². The van der Waals surface area contributed by atoms with E-state index in [2.05, 4.69) is 24.8 Å². The number of aromatic nitrogens is 4. The molecule has 0 fully saturated rings. The maximum atomic E-state index is 5.30. The first-order valence-corrected chi connectivity index (χ1v) is 7.41. The summed E-state index contributed by atoms with van der Waals surface area (Å²) in [6.45, 7) is 3.83. The van der Waals surface area contributed by atoms with Crippen molar-refractivity contribution in [1.82, 2.24) is 19.5 Å². The minimum Gasteiger partial charge on any atom is -0.350 e. The zero-order chi connectivity index (χ0) is 14.7. The zero-order valence-electron chi connectivity index (χ0n) is 11.8. The molecule has 2 heterocycles. The minimum atomic E-state index is -0.0781. The molecule has 0 aliphatic rings. The van der Waals surface area contributed by atoms with Crippen LogP contribution in [0.4, 0.5) is 5.13 Å². The van der Waals surface area contributed by atoms with E-state index >= 15 is 0 Å². The molecular weight excluding hydrogens is 286 g/mol. The van der Waals surface area contributed by atoms with Crippen LogP contribution in [0.5, 0.6) is 0 Å². The lowest BCUT2D eigenvalue weighted by Crippen LogP contribution is -2.08. The average molecular weight is 301 g/mol. The van der Waals surface area contributed by atoms with Crippen LogP contribution >= 0.6 is 11.5 Å². The zero-order valence-corrected chi connectivity index (χ0v) is 12.6. The second-order valence-electron chi connectivity index (χ2n) is 4.72. The first-order valence-electron chi connectivity index (χ1n) is 6.64. The molecule has 0 saturated carbocycles. The molecule has 0 amide bonds. The average Bonchev–Trinajstić information content (AvgIpc) is 3.09. The lowest BCUT2D eigenvalue weighted by Gasteiger charge is -2.06. The number of hydrogen-bond acceptors (Lipinski definition) is 7. The smallest absolute Gasteiger partial charge is 0.231 e. The van der Waals surface area contributed by atoms with Crippen LogP contribution < -0.4 is 5.32 Å². The van der Waals surface area contributed by atoms with Crippen molar-refractivity contribution in [3.05, 3.63) is 53.4 Å². The Hall–Kier alpha value is -2.28. The fourth-order valence-corrected chi connectivity index (χ4v) is 2.55. The maximum absolute atomic E-state index is 5.30. The summed E-state index contributed by atoms with van der Waals surface area (Å²) in [5.74, 6) is 1.99. The highest BCUT2D eigenvalue weighted by Gasteiger charge is 2.15. The number of hydrogen-bond donors (Lipinski definition) is 1. The predicted molar refractivity (Wildman–Crippen MR) is 80.2 cm³/mol. The molecule has 7 heteroatoms. The maximum Gasteiger partial charge on any atom is 0.231 e. The highest BCUT2D eigenvalue weighted by atomic mass is 32.1. The lowest BCUT2D eigenvalue weighted by molar-refractivity contribution is 0.378. The quantitative estimate of drug-likeness (QED) is 0.780. The van der Waals surface area contributed by atoms with Gasteiger partial charge >= 0.3 is 0 Å². The van der Waals surface area contributed by atoms with Gasteiger partial charge in [-0.3, -0.25) is 0 Å². The van der Waals surface area contributed by atoms with Crippen molar-refractivity contribution >= 4 is 16.7 Å². The number of benzene rings is 1. The molecule has 3 aromatic rings. The molecule has 1 aromatic carbocycles. The summed E-state index contributed by atoms with van der Waals surface area (Å²) in [6.07, 6.45) is 0.637. The number of rotatable bonds is 5. The highest BCUT2D eigenvalue weighted by Crippen LogP contribution is 2.19. The first kappa shape index (κ1) is 13.7. The van der Waals surface area contributed by atoms with E-state index in [1.165, 1.54) is 11.5 Å². The van der Waals surface area contributed by atoms with Gasteiger partial charge in [0.15, 0.2) is 5.82 Å². The predicted octanol–water partition coefficient (Wildman–Crippen LogP) is 2.99. The molecule has 0 radical (unpaired) electrons. The van der Waals surface area contributed by atoms with Crippen molar-refractivity contribution in [3.8, 4) is 0 Å². The molecule has 1 atom stereocenters. The van der Waals surface area contributed by atoms with E-state index in [9.17, 15) is 0 Å². The molecule has 1 N–H and O–H groups in total. The fourth-order valence-electron chi connectivity index (χ4n) is 1.89. The molecule has 2 aromatic heterocycles. The number of anilines is 1. The van der Waals surface area contributed by atoms with E-state index in [0.717, 1.165) is 16.5 Å². The summed E-state index contributed by atoms with van der Waals surface area (Å²) in [5, 5.41) is 8.00. The van der Waals surface area contributed by atoms with Gasteiger partial charge in [-0.15, -0.1) is 0 Å². The number of nitrogens with one attached hydrogen (secondary N) is 1. The highest BCUT2D eigenvalue weighted by molar-refractivity contribution is 7.09. The van der Waals surface area contributed by atoms with Gasteiger partial charge in [0, 0.05) is 11.5 Å². The van der Waals surface area contributed by atoms with E-state index in [1.807, 2.05) is 44.2 Å². The second-order valence-corrected chi connectivity index (χ2v) is 5.47. The van der Waals surface area contributed by atoms with Gasteiger partial charge in [0.25, 0.3) is 0 Å². The van der Waals surface area contributed by atoms with Gasteiger partial charge in [0.1, 0.15) is 5.82 Å². The van der Waals surface area contributed by atoms with Crippen molar-refractivity contribution in [1.29, 1.82) is 0 Å². The Kier molecular flexibility index (Phi) is 3.92. The summed E-state index contributed by atoms with van der Waals surface area (Å²) in [6, 6.07) is 9.97. The lowest BCUT2D eigenvalue weighted by atomic mass is 10.1. The van der Waals surface area contributed by atoms with Gasteiger partial charge in [-0.05, 0) is 19.4 Å². The topological polar surface area (TPSA) is 76.7 Å². The third-order valence-corrected chi connectivity index (χ3v) is 3.67. The van der Waals surface area contributed by atoms with Gasteiger partial charge < -0.3 is 9.84 Å². The summed E-state index contributed by atoms with van der Waals surface area (Å²) >= 11 is 1.32. The van der Waals surface area contributed by atoms with Crippen molar-refractivity contribution in [3.63, 3.8) is 0 Å². The molecule has 21 heavy (non-hydrogen) atoms. The van der Waals surface area contributed by atoms with Gasteiger partial charge in [0.2, 0.25) is 11.0 Å². The van der Waals surface area contributed by atoms with E-state index in [0.29, 0.717) is 18.1 Å². The Balaban J connectivity index is 1.66. The van der Waals surface area contributed by atoms with E-state index in [1.54, 1.807) is 0 Å². The fraction of sp³-hybridized carbons (Fsp3) is 0.286. The van der Waals surface area contributed by atoms with Gasteiger partial charge in [-0.2, -0.15) is 9.36 Å². The molecule has 1 unspecified atom stereocenters. The van der Waals surface area contributed by atoms with Crippen LogP contribution in [-0.4, -0.2) is 19.5 Å².